The molecule has 2 N–H and O–H groups in total. The summed E-state index contributed by atoms with van der Waals surface area (Å²) < 4.78 is 1.94. The highest BCUT2D eigenvalue weighted by Crippen LogP contribution is 2.23. The molecule has 80 valence electrons. The fraction of sp³-hybridized carbons (Fsp3) is 0.444. The van der Waals surface area contributed by atoms with Crippen LogP contribution in [0, 0.1) is 0 Å². The number of aromatic nitrogens is 4. The second-order valence-corrected chi connectivity index (χ2v) is 4.39. The van der Waals surface area contributed by atoms with Crippen molar-refractivity contribution in [3.63, 3.8) is 0 Å². The molecule has 0 saturated carbocycles. The number of nitrogens with two attached hydrogens (primary N) is 1. The van der Waals surface area contributed by atoms with Gasteiger partial charge in [0.15, 0.2) is 5.01 Å². The Kier molecular flexibility index (Phi) is 2.68. The van der Waals surface area contributed by atoms with E-state index in [1.54, 1.807) is 0 Å². The van der Waals surface area contributed by atoms with Crippen molar-refractivity contribution in [3.05, 3.63) is 12.3 Å². The standard InChI is InChI=1S/C9H13N5S/c1-3-6(2)14-5-4-7(13-14)8-11-12-9(10)15-8/h4-6H,3H2,1-2H3,(H2,10,12). The summed E-state index contributed by atoms with van der Waals surface area (Å²) in [6.07, 6.45) is 3.01. The van der Waals surface area contributed by atoms with Crippen LogP contribution >= 0.6 is 11.3 Å². The minimum atomic E-state index is 0.406. The van der Waals surface area contributed by atoms with Crippen LogP contribution in [0.4, 0.5) is 5.13 Å². The van der Waals surface area contributed by atoms with Crippen LogP contribution in [-0.2, 0) is 0 Å². The third-order valence-corrected chi connectivity index (χ3v) is 3.09. The minimum absolute atomic E-state index is 0.406. The van der Waals surface area contributed by atoms with E-state index in [4.69, 9.17) is 5.73 Å². The summed E-state index contributed by atoms with van der Waals surface area (Å²) in [6, 6.07) is 2.34. The van der Waals surface area contributed by atoms with E-state index >= 15 is 0 Å². The zero-order valence-corrected chi connectivity index (χ0v) is 9.53. The lowest BCUT2D eigenvalue weighted by molar-refractivity contribution is 0.479. The lowest BCUT2D eigenvalue weighted by Gasteiger charge is -2.07. The number of hydrogen-bond acceptors (Lipinski definition) is 5. The van der Waals surface area contributed by atoms with Crippen molar-refractivity contribution in [2.45, 2.75) is 26.3 Å². The van der Waals surface area contributed by atoms with Gasteiger partial charge in [-0.2, -0.15) is 5.10 Å². The third-order valence-electron chi connectivity index (χ3n) is 2.31. The van der Waals surface area contributed by atoms with Gasteiger partial charge in [0.2, 0.25) is 5.13 Å². The quantitative estimate of drug-likeness (QED) is 0.863. The monoisotopic (exact) mass is 223 g/mol. The van der Waals surface area contributed by atoms with Crippen LogP contribution in [0.2, 0.25) is 0 Å². The van der Waals surface area contributed by atoms with Gasteiger partial charge in [-0.25, -0.2) is 0 Å². The van der Waals surface area contributed by atoms with Crippen LogP contribution in [0.15, 0.2) is 12.3 Å². The molecule has 15 heavy (non-hydrogen) atoms. The highest BCUT2D eigenvalue weighted by Gasteiger charge is 2.09. The first kappa shape index (κ1) is 10.1. The van der Waals surface area contributed by atoms with E-state index in [0.717, 1.165) is 17.1 Å². The van der Waals surface area contributed by atoms with E-state index in [1.165, 1.54) is 11.3 Å². The summed E-state index contributed by atoms with van der Waals surface area (Å²) in [4.78, 5) is 0. The average molecular weight is 223 g/mol. The number of rotatable bonds is 3. The Bertz CT molecular complexity index is 447. The number of anilines is 1. The van der Waals surface area contributed by atoms with Gasteiger partial charge in [0.05, 0.1) is 0 Å². The maximum Gasteiger partial charge on any atom is 0.203 e. The molecule has 0 saturated heterocycles. The summed E-state index contributed by atoms with van der Waals surface area (Å²) >= 11 is 1.35. The number of nitrogens with zero attached hydrogens (tertiary/aromatic N) is 4. The predicted octanol–water partition coefficient (Wildman–Crippen LogP) is 1.95. The lowest BCUT2D eigenvalue weighted by atomic mass is 10.3. The first-order valence-corrected chi connectivity index (χ1v) is 5.67. The summed E-state index contributed by atoms with van der Waals surface area (Å²) in [5.74, 6) is 0. The van der Waals surface area contributed by atoms with Gasteiger partial charge in [0, 0.05) is 12.2 Å². The Morgan fingerprint density at radius 3 is 2.93 bits per heavy atom. The molecule has 1 atom stereocenters. The van der Waals surface area contributed by atoms with Gasteiger partial charge < -0.3 is 5.73 Å². The van der Waals surface area contributed by atoms with E-state index < -0.39 is 0 Å². The molecule has 0 amide bonds. The van der Waals surface area contributed by atoms with Gasteiger partial charge in [-0.1, -0.05) is 18.3 Å². The fourth-order valence-electron chi connectivity index (χ4n) is 1.22. The van der Waals surface area contributed by atoms with Gasteiger partial charge in [-0.15, -0.1) is 10.2 Å². The van der Waals surface area contributed by atoms with Crippen LogP contribution in [0.5, 0.6) is 0 Å². The van der Waals surface area contributed by atoms with Crippen LogP contribution < -0.4 is 5.73 Å². The van der Waals surface area contributed by atoms with E-state index in [0.29, 0.717) is 11.2 Å². The molecule has 2 rings (SSSR count). The fourth-order valence-corrected chi connectivity index (χ4v) is 1.80. The summed E-state index contributed by atoms with van der Waals surface area (Å²) in [7, 11) is 0. The van der Waals surface area contributed by atoms with Gasteiger partial charge in [-0.05, 0) is 19.4 Å². The molecule has 6 heteroatoms. The molecular weight excluding hydrogens is 210 g/mol. The molecule has 0 fully saturated rings. The molecule has 1 unspecified atom stereocenters. The van der Waals surface area contributed by atoms with Gasteiger partial charge in [-0.3, -0.25) is 4.68 Å². The second-order valence-electron chi connectivity index (χ2n) is 3.38. The molecule has 0 radical (unpaired) electrons. The molecule has 0 aliphatic rings. The van der Waals surface area contributed by atoms with Crippen molar-refractivity contribution in [3.8, 4) is 10.7 Å². The van der Waals surface area contributed by atoms with E-state index in [2.05, 4.69) is 29.1 Å². The van der Waals surface area contributed by atoms with Crippen LogP contribution in [0.1, 0.15) is 26.3 Å². The third kappa shape index (κ3) is 1.99. The molecular formula is C9H13N5S. The highest BCUT2D eigenvalue weighted by molar-refractivity contribution is 7.18. The Hall–Kier alpha value is -1.43. The van der Waals surface area contributed by atoms with Crippen molar-refractivity contribution >= 4 is 16.5 Å². The molecule has 0 bridgehead atoms. The maximum absolute atomic E-state index is 5.52. The van der Waals surface area contributed by atoms with Crippen molar-refractivity contribution in [2.75, 3.05) is 5.73 Å². The van der Waals surface area contributed by atoms with Crippen LogP contribution in [-0.4, -0.2) is 20.0 Å². The smallest absolute Gasteiger partial charge is 0.203 e. The molecule has 2 aromatic rings. The molecule has 0 spiro atoms. The Labute approximate surface area is 91.9 Å². The molecule has 5 nitrogen and oxygen atoms in total. The SMILES string of the molecule is CCC(C)n1ccc(-c2nnc(N)s2)n1. The average Bonchev–Trinajstić information content (AvgIpc) is 2.84. The van der Waals surface area contributed by atoms with Gasteiger partial charge >= 0.3 is 0 Å². The summed E-state index contributed by atoms with van der Waals surface area (Å²) in [5, 5.41) is 13.4. The van der Waals surface area contributed by atoms with E-state index in [-0.39, 0.29) is 0 Å². The molecule has 0 aliphatic carbocycles. The van der Waals surface area contributed by atoms with Crippen molar-refractivity contribution < 1.29 is 0 Å². The largest absolute Gasteiger partial charge is 0.374 e. The van der Waals surface area contributed by atoms with Gasteiger partial charge in [0.25, 0.3) is 0 Å². The van der Waals surface area contributed by atoms with Crippen LogP contribution in [0.3, 0.4) is 0 Å². The minimum Gasteiger partial charge on any atom is -0.374 e. The maximum atomic E-state index is 5.52. The predicted molar refractivity (Wildman–Crippen MR) is 60.5 cm³/mol. The summed E-state index contributed by atoms with van der Waals surface area (Å²) in [5.41, 5.74) is 6.36. The summed E-state index contributed by atoms with van der Waals surface area (Å²) in [6.45, 7) is 4.26. The van der Waals surface area contributed by atoms with E-state index in [9.17, 15) is 0 Å². The van der Waals surface area contributed by atoms with Crippen LogP contribution in [0.25, 0.3) is 10.7 Å². The number of nitrogen functional groups attached to an aromatic ring is 1. The highest BCUT2D eigenvalue weighted by atomic mass is 32.1. The Morgan fingerprint density at radius 2 is 2.33 bits per heavy atom. The van der Waals surface area contributed by atoms with Gasteiger partial charge in [0.1, 0.15) is 5.69 Å². The Morgan fingerprint density at radius 1 is 1.53 bits per heavy atom. The lowest BCUT2D eigenvalue weighted by Crippen LogP contribution is -2.03. The normalized spacial score (nSPS) is 12.9. The zero-order valence-electron chi connectivity index (χ0n) is 8.71. The van der Waals surface area contributed by atoms with Crippen molar-refractivity contribution in [1.82, 2.24) is 20.0 Å². The van der Waals surface area contributed by atoms with E-state index in [1.807, 2.05) is 16.9 Å². The Balaban J connectivity index is 2.27. The second kappa shape index (κ2) is 3.98. The topological polar surface area (TPSA) is 69.6 Å². The van der Waals surface area contributed by atoms with Crippen molar-refractivity contribution in [2.24, 2.45) is 0 Å². The molecule has 0 aromatic carbocycles. The molecule has 2 heterocycles. The molecule has 0 aliphatic heterocycles. The molecule has 2 aromatic heterocycles. The first-order chi connectivity index (χ1) is 7.20. The first-order valence-electron chi connectivity index (χ1n) is 4.85. The zero-order chi connectivity index (χ0) is 10.8. The van der Waals surface area contributed by atoms with Crippen molar-refractivity contribution in [1.29, 1.82) is 0 Å². The number of hydrogen-bond donors (Lipinski definition) is 1.